The summed E-state index contributed by atoms with van der Waals surface area (Å²) in [6.07, 6.45) is 0. The third kappa shape index (κ3) is 1.68. The molecule has 3 rings (SSSR count). The van der Waals surface area contributed by atoms with E-state index in [1.54, 1.807) is 30.3 Å². The average molecular weight is 241 g/mol. The first-order chi connectivity index (χ1) is 8.75. The van der Waals surface area contributed by atoms with E-state index in [4.69, 9.17) is 9.31 Å². The molecular formula is C12H8BNO4. The van der Waals surface area contributed by atoms with Crippen molar-refractivity contribution in [2.45, 2.75) is 0 Å². The Morgan fingerprint density at radius 3 is 2.11 bits per heavy atom. The van der Waals surface area contributed by atoms with E-state index in [0.29, 0.717) is 17.0 Å². The van der Waals surface area contributed by atoms with Gasteiger partial charge in [0.05, 0.1) is 10.4 Å². The van der Waals surface area contributed by atoms with E-state index in [-0.39, 0.29) is 5.69 Å². The van der Waals surface area contributed by atoms with Crippen LogP contribution in [0.1, 0.15) is 0 Å². The van der Waals surface area contributed by atoms with Crippen LogP contribution in [-0.2, 0) is 0 Å². The number of para-hydroxylation sites is 3. The van der Waals surface area contributed by atoms with Crippen LogP contribution in [-0.4, -0.2) is 12.0 Å². The van der Waals surface area contributed by atoms with Crippen LogP contribution < -0.4 is 14.8 Å². The van der Waals surface area contributed by atoms with Gasteiger partial charge in [0, 0.05) is 6.07 Å². The lowest BCUT2D eigenvalue weighted by Gasteiger charge is -2.05. The maximum absolute atomic E-state index is 10.9. The summed E-state index contributed by atoms with van der Waals surface area (Å²) in [6.45, 7) is 0. The number of nitro groups is 1. The highest BCUT2D eigenvalue weighted by molar-refractivity contribution is 6.65. The van der Waals surface area contributed by atoms with Gasteiger partial charge in [-0.2, -0.15) is 0 Å². The molecule has 1 aliphatic rings. The molecule has 5 nitrogen and oxygen atoms in total. The van der Waals surface area contributed by atoms with Crippen molar-refractivity contribution in [1.82, 2.24) is 0 Å². The lowest BCUT2D eigenvalue weighted by Crippen LogP contribution is -2.40. The van der Waals surface area contributed by atoms with Crippen LogP contribution in [0.2, 0.25) is 0 Å². The first-order valence-electron chi connectivity index (χ1n) is 5.41. The van der Waals surface area contributed by atoms with Crippen molar-refractivity contribution < 1.29 is 14.2 Å². The molecule has 0 saturated carbocycles. The summed E-state index contributed by atoms with van der Waals surface area (Å²) in [4.78, 5) is 10.5. The molecule has 0 N–H and O–H groups in total. The second-order valence-electron chi connectivity index (χ2n) is 3.83. The molecule has 0 atom stereocenters. The molecule has 0 radical (unpaired) electrons. The first kappa shape index (κ1) is 10.6. The second-order valence-corrected chi connectivity index (χ2v) is 3.83. The standard InChI is InChI=1S/C12H8BNO4/c15-14(16)10-6-2-1-5-9(10)13-17-11-7-3-4-8-12(11)18-13/h1-8H. The molecule has 0 aliphatic carbocycles. The maximum Gasteiger partial charge on any atom is 0.639 e. The highest BCUT2D eigenvalue weighted by atomic mass is 16.6. The van der Waals surface area contributed by atoms with Gasteiger partial charge in [-0.3, -0.25) is 10.1 Å². The van der Waals surface area contributed by atoms with Crippen LogP contribution in [0, 0.1) is 10.1 Å². The molecule has 1 heterocycles. The highest BCUT2D eigenvalue weighted by Gasteiger charge is 2.38. The minimum atomic E-state index is -0.760. The molecule has 1 aliphatic heterocycles. The van der Waals surface area contributed by atoms with Crippen LogP contribution in [0.25, 0.3) is 0 Å². The normalized spacial score (nSPS) is 12.6. The Labute approximate surface area is 103 Å². The largest absolute Gasteiger partial charge is 0.639 e. The summed E-state index contributed by atoms with van der Waals surface area (Å²) in [5.41, 5.74) is 0.411. The van der Waals surface area contributed by atoms with Gasteiger partial charge in [0.15, 0.2) is 0 Å². The molecular weight excluding hydrogens is 233 g/mol. The number of benzene rings is 2. The van der Waals surface area contributed by atoms with Gasteiger partial charge in [-0.05, 0) is 12.1 Å². The number of hydrogen-bond acceptors (Lipinski definition) is 4. The molecule has 0 amide bonds. The Kier molecular flexibility index (Phi) is 2.41. The molecule has 0 unspecified atom stereocenters. The van der Waals surface area contributed by atoms with Crippen LogP contribution in [0.5, 0.6) is 11.5 Å². The highest BCUT2D eigenvalue weighted by Crippen LogP contribution is 2.33. The van der Waals surface area contributed by atoms with Crippen molar-refractivity contribution in [3.05, 3.63) is 58.6 Å². The van der Waals surface area contributed by atoms with Gasteiger partial charge < -0.3 is 9.31 Å². The Hall–Kier alpha value is -2.50. The smallest absolute Gasteiger partial charge is 0.519 e. The van der Waals surface area contributed by atoms with Gasteiger partial charge in [-0.25, -0.2) is 0 Å². The summed E-state index contributed by atoms with van der Waals surface area (Å²) in [5.74, 6) is 1.20. The quantitative estimate of drug-likeness (QED) is 0.456. The zero-order chi connectivity index (χ0) is 12.5. The molecule has 88 valence electrons. The second kappa shape index (κ2) is 4.07. The van der Waals surface area contributed by atoms with Crippen LogP contribution in [0.4, 0.5) is 5.69 Å². The van der Waals surface area contributed by atoms with E-state index in [1.165, 1.54) is 6.07 Å². The van der Waals surface area contributed by atoms with Gasteiger partial charge in [-0.15, -0.1) is 0 Å². The fourth-order valence-electron chi connectivity index (χ4n) is 1.88. The lowest BCUT2D eigenvalue weighted by molar-refractivity contribution is -0.383. The zero-order valence-electron chi connectivity index (χ0n) is 9.28. The summed E-state index contributed by atoms with van der Waals surface area (Å²) in [6, 6.07) is 13.6. The van der Waals surface area contributed by atoms with Crippen molar-refractivity contribution in [2.24, 2.45) is 0 Å². The van der Waals surface area contributed by atoms with Crippen molar-refractivity contribution in [3.63, 3.8) is 0 Å². The van der Waals surface area contributed by atoms with Crippen molar-refractivity contribution in [3.8, 4) is 11.5 Å². The van der Waals surface area contributed by atoms with Crippen molar-refractivity contribution >= 4 is 18.3 Å². The summed E-state index contributed by atoms with van der Waals surface area (Å²) in [5, 5.41) is 10.9. The Bertz CT molecular complexity index is 592. The van der Waals surface area contributed by atoms with Crippen LogP contribution in [0.15, 0.2) is 48.5 Å². The summed E-state index contributed by atoms with van der Waals surface area (Å²) < 4.78 is 11.1. The molecule has 0 bridgehead atoms. The van der Waals surface area contributed by atoms with Crippen molar-refractivity contribution in [1.29, 1.82) is 0 Å². The van der Waals surface area contributed by atoms with E-state index >= 15 is 0 Å². The molecule has 6 heteroatoms. The lowest BCUT2D eigenvalue weighted by atomic mass is 9.78. The third-order valence-corrected chi connectivity index (χ3v) is 2.70. The van der Waals surface area contributed by atoms with E-state index in [2.05, 4.69) is 0 Å². The van der Waals surface area contributed by atoms with Crippen LogP contribution >= 0.6 is 0 Å². The third-order valence-electron chi connectivity index (χ3n) is 2.70. The first-order valence-corrected chi connectivity index (χ1v) is 5.41. The molecule has 0 fully saturated rings. The van der Waals surface area contributed by atoms with Gasteiger partial charge in [0.1, 0.15) is 11.5 Å². The Balaban J connectivity index is 1.98. The van der Waals surface area contributed by atoms with Gasteiger partial charge in [-0.1, -0.05) is 30.3 Å². The number of nitro benzene ring substituents is 1. The minimum absolute atomic E-state index is 0.00435. The molecule has 2 aromatic carbocycles. The van der Waals surface area contributed by atoms with Gasteiger partial charge in [0.2, 0.25) is 0 Å². The van der Waals surface area contributed by atoms with Crippen molar-refractivity contribution in [2.75, 3.05) is 0 Å². The van der Waals surface area contributed by atoms with Crippen LogP contribution in [0.3, 0.4) is 0 Å². The average Bonchev–Trinajstić information content (AvgIpc) is 2.82. The van der Waals surface area contributed by atoms with E-state index in [9.17, 15) is 10.1 Å². The number of nitrogens with zero attached hydrogens (tertiary/aromatic N) is 1. The number of fused-ring (bicyclic) bond motifs is 1. The predicted molar refractivity (Wildman–Crippen MR) is 66.2 cm³/mol. The summed E-state index contributed by atoms with van der Waals surface area (Å²) in [7, 11) is -0.760. The van der Waals surface area contributed by atoms with E-state index in [1.807, 2.05) is 12.1 Å². The molecule has 18 heavy (non-hydrogen) atoms. The van der Waals surface area contributed by atoms with E-state index in [0.717, 1.165) is 0 Å². The van der Waals surface area contributed by atoms with E-state index < -0.39 is 12.0 Å². The maximum atomic E-state index is 10.9. The topological polar surface area (TPSA) is 61.6 Å². The minimum Gasteiger partial charge on any atom is -0.519 e. The SMILES string of the molecule is O=[N+]([O-])c1ccccc1B1Oc2ccccc2O1. The van der Waals surface area contributed by atoms with Gasteiger partial charge >= 0.3 is 7.12 Å². The zero-order valence-corrected chi connectivity index (χ0v) is 9.28. The molecule has 2 aromatic rings. The monoisotopic (exact) mass is 241 g/mol. The fourth-order valence-corrected chi connectivity index (χ4v) is 1.88. The fraction of sp³-hybridized carbons (Fsp3) is 0. The Morgan fingerprint density at radius 2 is 1.50 bits per heavy atom. The summed E-state index contributed by atoms with van der Waals surface area (Å²) >= 11 is 0. The Morgan fingerprint density at radius 1 is 0.944 bits per heavy atom. The van der Waals surface area contributed by atoms with Gasteiger partial charge in [0.25, 0.3) is 5.69 Å². The predicted octanol–water partition coefficient (Wildman–Crippen LogP) is 1.76. The number of hydrogen-bond donors (Lipinski definition) is 0. The number of rotatable bonds is 2. The molecule has 0 saturated heterocycles. The molecule has 0 spiro atoms. The molecule has 0 aromatic heterocycles.